The summed E-state index contributed by atoms with van der Waals surface area (Å²) in [4.78, 5) is 21.4. The van der Waals surface area contributed by atoms with Crippen LogP contribution in [0.2, 0.25) is 0 Å². The third-order valence-corrected chi connectivity index (χ3v) is 3.57. The Bertz CT molecular complexity index is 546. The molecule has 2 atom stereocenters. The molecule has 0 radical (unpaired) electrons. The summed E-state index contributed by atoms with van der Waals surface area (Å²) in [6, 6.07) is 4.53. The largest absolute Gasteiger partial charge is 0.494 e. The van der Waals surface area contributed by atoms with Gasteiger partial charge in [0.2, 0.25) is 0 Å². The number of carbonyl (C=O) groups is 1. The molecule has 0 bridgehead atoms. The van der Waals surface area contributed by atoms with E-state index in [1.165, 1.54) is 12.1 Å². The van der Waals surface area contributed by atoms with Crippen LogP contribution < -0.4 is 10.1 Å². The number of carboxylic acid groups (broad SMARTS) is 1. The molecule has 114 valence electrons. The monoisotopic (exact) mass is 294 g/mol. The fourth-order valence-corrected chi connectivity index (χ4v) is 2.59. The average molecular weight is 294 g/mol. The lowest BCUT2D eigenvalue weighted by Crippen LogP contribution is -2.18. The van der Waals surface area contributed by atoms with Crippen molar-refractivity contribution in [2.75, 3.05) is 11.9 Å². The number of ether oxygens (including phenoxy) is 1. The van der Waals surface area contributed by atoms with Crippen LogP contribution in [-0.2, 0) is 4.79 Å². The summed E-state index contributed by atoms with van der Waals surface area (Å²) >= 11 is 0. The molecule has 7 nitrogen and oxygen atoms in total. The van der Waals surface area contributed by atoms with Gasteiger partial charge in [0.25, 0.3) is 5.69 Å². The Morgan fingerprint density at radius 3 is 2.81 bits per heavy atom. The first kappa shape index (κ1) is 15.1. The van der Waals surface area contributed by atoms with Crippen LogP contribution >= 0.6 is 0 Å². The van der Waals surface area contributed by atoms with Crippen molar-refractivity contribution in [3.05, 3.63) is 28.3 Å². The SMILES string of the molecule is CCOc1cc(NC2CCC(C(=O)O)C2)cc([N+](=O)[O-])c1. The van der Waals surface area contributed by atoms with Gasteiger partial charge in [0.15, 0.2) is 0 Å². The number of anilines is 1. The molecule has 0 spiro atoms. The second-order valence-corrected chi connectivity index (χ2v) is 5.10. The molecule has 0 saturated heterocycles. The maximum absolute atomic E-state index is 10.9. The fourth-order valence-electron chi connectivity index (χ4n) is 2.59. The Morgan fingerprint density at radius 2 is 2.24 bits per heavy atom. The fraction of sp³-hybridized carbons (Fsp3) is 0.500. The van der Waals surface area contributed by atoms with Crippen molar-refractivity contribution in [1.29, 1.82) is 0 Å². The highest BCUT2D eigenvalue weighted by Gasteiger charge is 2.29. The zero-order chi connectivity index (χ0) is 15.4. The van der Waals surface area contributed by atoms with E-state index in [4.69, 9.17) is 9.84 Å². The molecule has 0 aromatic heterocycles. The summed E-state index contributed by atoms with van der Waals surface area (Å²) in [5.74, 6) is -0.692. The number of carboxylic acids is 1. The minimum atomic E-state index is -0.784. The minimum absolute atomic E-state index is 0.0163. The molecule has 2 rings (SSSR count). The summed E-state index contributed by atoms with van der Waals surface area (Å²) in [5.41, 5.74) is 0.542. The quantitative estimate of drug-likeness (QED) is 0.617. The van der Waals surface area contributed by atoms with E-state index in [0.717, 1.165) is 6.42 Å². The lowest BCUT2D eigenvalue weighted by atomic mass is 10.1. The minimum Gasteiger partial charge on any atom is -0.494 e. The van der Waals surface area contributed by atoms with Crippen LogP contribution in [0.25, 0.3) is 0 Å². The number of nitrogens with zero attached hydrogens (tertiary/aromatic N) is 1. The van der Waals surface area contributed by atoms with Crippen molar-refractivity contribution in [1.82, 2.24) is 0 Å². The van der Waals surface area contributed by atoms with E-state index in [-0.39, 0.29) is 17.6 Å². The molecule has 0 amide bonds. The van der Waals surface area contributed by atoms with E-state index in [0.29, 0.717) is 30.9 Å². The number of hydrogen-bond donors (Lipinski definition) is 2. The van der Waals surface area contributed by atoms with Crippen molar-refractivity contribution in [2.24, 2.45) is 5.92 Å². The predicted molar refractivity (Wildman–Crippen MR) is 76.7 cm³/mol. The summed E-state index contributed by atoms with van der Waals surface area (Å²) in [5, 5.41) is 23.1. The van der Waals surface area contributed by atoms with E-state index in [2.05, 4.69) is 5.32 Å². The van der Waals surface area contributed by atoms with Crippen LogP contribution in [0, 0.1) is 16.0 Å². The Morgan fingerprint density at radius 1 is 1.48 bits per heavy atom. The Balaban J connectivity index is 2.12. The summed E-state index contributed by atoms with van der Waals surface area (Å²) < 4.78 is 5.32. The molecule has 1 aromatic carbocycles. The smallest absolute Gasteiger partial charge is 0.306 e. The second-order valence-electron chi connectivity index (χ2n) is 5.10. The molecule has 2 unspecified atom stereocenters. The normalized spacial score (nSPS) is 21.0. The molecule has 7 heteroatoms. The number of rotatable bonds is 6. The van der Waals surface area contributed by atoms with Crippen molar-refractivity contribution in [3.63, 3.8) is 0 Å². The van der Waals surface area contributed by atoms with Crippen LogP contribution in [0.15, 0.2) is 18.2 Å². The molecule has 1 fully saturated rings. The number of non-ortho nitro benzene ring substituents is 1. The molecule has 1 aromatic rings. The molecule has 0 heterocycles. The van der Waals surface area contributed by atoms with Gasteiger partial charge in [0, 0.05) is 23.9 Å². The molecule has 1 saturated carbocycles. The van der Waals surface area contributed by atoms with Gasteiger partial charge in [-0.25, -0.2) is 0 Å². The van der Waals surface area contributed by atoms with Gasteiger partial charge in [-0.1, -0.05) is 0 Å². The molecule has 0 aliphatic heterocycles. The predicted octanol–water partition coefficient (Wildman–Crippen LogP) is 2.66. The first-order valence-corrected chi connectivity index (χ1v) is 6.91. The topological polar surface area (TPSA) is 102 Å². The van der Waals surface area contributed by atoms with Crippen molar-refractivity contribution in [2.45, 2.75) is 32.2 Å². The Hall–Kier alpha value is -2.31. The maximum atomic E-state index is 10.9. The van der Waals surface area contributed by atoms with E-state index in [1.54, 1.807) is 13.0 Å². The van der Waals surface area contributed by atoms with Crippen molar-refractivity contribution >= 4 is 17.3 Å². The zero-order valence-corrected chi connectivity index (χ0v) is 11.7. The van der Waals surface area contributed by atoms with Gasteiger partial charge in [-0.05, 0) is 26.2 Å². The lowest BCUT2D eigenvalue weighted by Gasteiger charge is -2.15. The van der Waals surface area contributed by atoms with Crippen LogP contribution in [-0.4, -0.2) is 28.6 Å². The highest BCUT2D eigenvalue weighted by Crippen LogP contribution is 2.31. The van der Waals surface area contributed by atoms with Crippen LogP contribution in [0.3, 0.4) is 0 Å². The standard InChI is InChI=1S/C14H18N2O5/c1-2-21-13-7-11(6-12(8-13)16(19)20)15-10-4-3-9(5-10)14(17)18/h6-10,15H,2-5H2,1H3,(H,17,18). The first-order chi connectivity index (χ1) is 9.99. The highest BCUT2D eigenvalue weighted by molar-refractivity contribution is 5.70. The summed E-state index contributed by atoms with van der Waals surface area (Å²) in [7, 11) is 0. The van der Waals surface area contributed by atoms with Crippen molar-refractivity contribution in [3.8, 4) is 5.75 Å². The van der Waals surface area contributed by atoms with E-state index >= 15 is 0 Å². The van der Waals surface area contributed by atoms with E-state index in [9.17, 15) is 14.9 Å². The zero-order valence-electron chi connectivity index (χ0n) is 11.7. The average Bonchev–Trinajstić information content (AvgIpc) is 2.87. The second kappa shape index (κ2) is 6.43. The van der Waals surface area contributed by atoms with Crippen LogP contribution in [0.1, 0.15) is 26.2 Å². The summed E-state index contributed by atoms with van der Waals surface area (Å²) in [6.07, 6.45) is 1.89. The van der Waals surface area contributed by atoms with E-state index < -0.39 is 10.9 Å². The van der Waals surface area contributed by atoms with Crippen molar-refractivity contribution < 1.29 is 19.6 Å². The Labute approximate surface area is 122 Å². The van der Waals surface area contributed by atoms with Gasteiger partial charge in [0.05, 0.1) is 23.5 Å². The van der Waals surface area contributed by atoms with Gasteiger partial charge in [-0.3, -0.25) is 14.9 Å². The number of aliphatic carboxylic acids is 1. The highest BCUT2D eigenvalue weighted by atomic mass is 16.6. The molecule has 21 heavy (non-hydrogen) atoms. The Kier molecular flexibility index (Phi) is 4.62. The van der Waals surface area contributed by atoms with Gasteiger partial charge < -0.3 is 15.2 Å². The number of hydrogen-bond acceptors (Lipinski definition) is 5. The molecule has 1 aliphatic rings. The molecule has 1 aliphatic carbocycles. The number of benzene rings is 1. The number of nitrogens with one attached hydrogen (secondary N) is 1. The number of nitro benzene ring substituents is 1. The third-order valence-electron chi connectivity index (χ3n) is 3.57. The summed E-state index contributed by atoms with van der Waals surface area (Å²) in [6.45, 7) is 2.23. The van der Waals surface area contributed by atoms with Gasteiger partial charge in [0.1, 0.15) is 5.75 Å². The molecular weight excluding hydrogens is 276 g/mol. The maximum Gasteiger partial charge on any atom is 0.306 e. The number of nitro groups is 1. The van der Waals surface area contributed by atoms with Crippen LogP contribution in [0.5, 0.6) is 5.75 Å². The third kappa shape index (κ3) is 3.84. The molecular formula is C14H18N2O5. The molecule has 2 N–H and O–H groups in total. The van der Waals surface area contributed by atoms with Gasteiger partial charge in [-0.15, -0.1) is 0 Å². The van der Waals surface area contributed by atoms with E-state index in [1.807, 2.05) is 0 Å². The van der Waals surface area contributed by atoms with Gasteiger partial charge >= 0.3 is 5.97 Å². The van der Waals surface area contributed by atoms with Crippen LogP contribution in [0.4, 0.5) is 11.4 Å². The lowest BCUT2D eigenvalue weighted by molar-refractivity contribution is -0.384. The first-order valence-electron chi connectivity index (χ1n) is 6.91. The van der Waals surface area contributed by atoms with Gasteiger partial charge in [-0.2, -0.15) is 0 Å².